The van der Waals surface area contributed by atoms with E-state index < -0.39 is 0 Å². The zero-order valence-corrected chi connectivity index (χ0v) is 4.13. The van der Waals surface area contributed by atoms with E-state index >= 15 is 0 Å². The van der Waals surface area contributed by atoms with Crippen molar-refractivity contribution in [1.82, 2.24) is 15.4 Å². The lowest BCUT2D eigenvalue weighted by Crippen LogP contribution is -1.80. The van der Waals surface area contributed by atoms with Crippen molar-refractivity contribution in [3.8, 4) is 0 Å². The highest BCUT2D eigenvalue weighted by molar-refractivity contribution is 6.30. The van der Waals surface area contributed by atoms with Crippen molar-refractivity contribution in [3.05, 3.63) is 17.4 Å². The molecule has 0 saturated carbocycles. The van der Waals surface area contributed by atoms with Crippen LogP contribution in [0, 0.1) is 0 Å². The van der Waals surface area contributed by atoms with Gasteiger partial charge in [-0.3, -0.25) is 0 Å². The molecule has 0 bridgehead atoms. The summed E-state index contributed by atoms with van der Waals surface area (Å²) in [4.78, 5) is 0. The molecule has 0 amide bonds. The summed E-state index contributed by atoms with van der Waals surface area (Å²) in [5, 5.41) is 10.6. The van der Waals surface area contributed by atoms with Gasteiger partial charge in [-0.05, 0) is 5.21 Å². The highest BCUT2D eigenvalue weighted by Gasteiger charge is 1.78. The highest BCUT2D eigenvalue weighted by Crippen LogP contribution is 1.97. The topological polar surface area (TPSA) is 38.7 Å². The van der Waals surface area contributed by atoms with E-state index in [9.17, 15) is 0 Å². The van der Waals surface area contributed by atoms with E-state index in [1.165, 1.54) is 12.4 Å². The summed E-state index contributed by atoms with van der Waals surface area (Å²) in [6.07, 6.45) is 2.85. The molecule has 0 aliphatic heterocycles. The number of nitrogens with zero attached hydrogens (tertiary/aromatic N) is 3. The molecule has 3 nitrogen and oxygen atoms in total. The molecule has 4 heteroatoms. The van der Waals surface area contributed by atoms with Crippen molar-refractivity contribution in [2.45, 2.75) is 0 Å². The van der Waals surface area contributed by atoms with Gasteiger partial charge in [-0.15, -0.1) is 10.2 Å². The summed E-state index contributed by atoms with van der Waals surface area (Å²) in [6.45, 7) is 0. The minimum atomic E-state index is 0.509. The van der Waals surface area contributed by atoms with Gasteiger partial charge in [0.15, 0.2) is 0 Å². The molecular weight excluding hydrogens is 114 g/mol. The number of hydrogen-bond donors (Lipinski definition) is 0. The van der Waals surface area contributed by atoms with Gasteiger partial charge in [-0.25, -0.2) is 0 Å². The van der Waals surface area contributed by atoms with Gasteiger partial charge in [0.25, 0.3) is 0 Å². The molecule has 0 spiro atoms. The van der Waals surface area contributed by atoms with Crippen molar-refractivity contribution in [2.24, 2.45) is 0 Å². The van der Waals surface area contributed by atoms with Crippen molar-refractivity contribution >= 4 is 11.6 Å². The lowest BCUT2D eigenvalue weighted by atomic mass is 10.7. The lowest BCUT2D eigenvalue weighted by Gasteiger charge is -1.77. The van der Waals surface area contributed by atoms with Crippen LogP contribution in [0.4, 0.5) is 0 Å². The fourth-order valence-electron chi connectivity index (χ4n) is 0.225. The SMILES string of the molecule is Clc1cnnnc1. The number of hydrogen-bond acceptors (Lipinski definition) is 3. The molecule has 0 aliphatic carbocycles. The van der Waals surface area contributed by atoms with E-state index in [0.717, 1.165) is 0 Å². The minimum absolute atomic E-state index is 0.509. The van der Waals surface area contributed by atoms with Crippen molar-refractivity contribution < 1.29 is 0 Å². The van der Waals surface area contributed by atoms with Crippen LogP contribution in [0.5, 0.6) is 0 Å². The molecule has 0 unspecified atom stereocenters. The van der Waals surface area contributed by atoms with Crippen LogP contribution in [0.2, 0.25) is 5.02 Å². The molecule has 0 N–H and O–H groups in total. The average molecular weight is 116 g/mol. The lowest BCUT2D eigenvalue weighted by molar-refractivity contribution is 0.865. The Balaban J connectivity index is 3.02. The molecule has 1 rings (SSSR count). The molecule has 1 aromatic rings. The first-order valence-corrected chi connectivity index (χ1v) is 2.06. The Morgan fingerprint density at radius 2 is 1.86 bits per heavy atom. The first kappa shape index (κ1) is 4.46. The predicted octanol–water partition coefficient (Wildman–Crippen LogP) is 0.525. The fraction of sp³-hybridized carbons (Fsp3) is 0. The van der Waals surface area contributed by atoms with Gasteiger partial charge in [0.1, 0.15) is 0 Å². The molecule has 0 aliphatic rings. The average Bonchev–Trinajstić information content (AvgIpc) is 1.69. The number of rotatable bonds is 0. The molecular formula is C3H2ClN3. The first-order valence-electron chi connectivity index (χ1n) is 1.68. The molecule has 36 valence electrons. The Hall–Kier alpha value is -0.700. The van der Waals surface area contributed by atoms with Crippen LogP contribution in [0.1, 0.15) is 0 Å². The molecule has 7 heavy (non-hydrogen) atoms. The van der Waals surface area contributed by atoms with Crippen LogP contribution in [0.15, 0.2) is 12.4 Å². The van der Waals surface area contributed by atoms with E-state index in [1.54, 1.807) is 0 Å². The molecule has 0 radical (unpaired) electrons. The van der Waals surface area contributed by atoms with Crippen LogP contribution >= 0.6 is 11.6 Å². The third-order valence-corrected chi connectivity index (χ3v) is 0.661. The summed E-state index contributed by atoms with van der Waals surface area (Å²) in [7, 11) is 0. The van der Waals surface area contributed by atoms with Gasteiger partial charge in [0.05, 0.1) is 17.4 Å². The van der Waals surface area contributed by atoms with E-state index in [2.05, 4.69) is 15.4 Å². The summed E-state index contributed by atoms with van der Waals surface area (Å²) >= 11 is 5.37. The summed E-state index contributed by atoms with van der Waals surface area (Å²) in [5.41, 5.74) is 0. The predicted molar refractivity (Wildman–Crippen MR) is 24.8 cm³/mol. The quantitative estimate of drug-likeness (QED) is 0.495. The maximum absolute atomic E-state index is 5.37. The Morgan fingerprint density at radius 1 is 1.29 bits per heavy atom. The van der Waals surface area contributed by atoms with E-state index in [0.29, 0.717) is 5.02 Å². The van der Waals surface area contributed by atoms with Gasteiger partial charge in [0.2, 0.25) is 0 Å². The number of aromatic nitrogens is 3. The molecule has 0 fully saturated rings. The maximum atomic E-state index is 5.37. The number of halogens is 1. The largest absolute Gasteiger partial charge is 0.137 e. The van der Waals surface area contributed by atoms with Crippen molar-refractivity contribution in [3.63, 3.8) is 0 Å². The zero-order valence-electron chi connectivity index (χ0n) is 3.37. The molecule has 0 aromatic carbocycles. The standard InChI is InChI=1S/C3H2ClN3/c4-3-1-5-7-6-2-3/h1-2H. The first-order chi connectivity index (χ1) is 3.39. The Labute approximate surface area is 45.3 Å². The van der Waals surface area contributed by atoms with E-state index in [1.807, 2.05) is 0 Å². The van der Waals surface area contributed by atoms with Gasteiger partial charge in [0, 0.05) is 0 Å². The van der Waals surface area contributed by atoms with Gasteiger partial charge in [-0.1, -0.05) is 11.6 Å². The summed E-state index contributed by atoms with van der Waals surface area (Å²) in [6, 6.07) is 0. The monoisotopic (exact) mass is 115 g/mol. The summed E-state index contributed by atoms with van der Waals surface area (Å²) < 4.78 is 0. The van der Waals surface area contributed by atoms with Gasteiger partial charge >= 0.3 is 0 Å². The third kappa shape index (κ3) is 1.08. The van der Waals surface area contributed by atoms with Crippen LogP contribution in [0.25, 0.3) is 0 Å². The normalized spacial score (nSPS) is 8.71. The molecule has 0 saturated heterocycles. The highest BCUT2D eigenvalue weighted by atomic mass is 35.5. The minimum Gasteiger partial charge on any atom is -0.137 e. The Bertz CT molecular complexity index is 140. The van der Waals surface area contributed by atoms with Gasteiger partial charge in [-0.2, -0.15) is 0 Å². The van der Waals surface area contributed by atoms with Crippen LogP contribution in [0.3, 0.4) is 0 Å². The molecule has 1 heterocycles. The molecule has 1 aromatic heterocycles. The van der Waals surface area contributed by atoms with Crippen LogP contribution < -0.4 is 0 Å². The Morgan fingerprint density at radius 3 is 2.14 bits per heavy atom. The van der Waals surface area contributed by atoms with Crippen LogP contribution in [-0.2, 0) is 0 Å². The van der Waals surface area contributed by atoms with Crippen molar-refractivity contribution in [1.29, 1.82) is 0 Å². The summed E-state index contributed by atoms with van der Waals surface area (Å²) in [5.74, 6) is 0. The molecule has 0 atom stereocenters. The second-order valence-electron chi connectivity index (χ2n) is 0.963. The fourth-order valence-corrected chi connectivity index (χ4v) is 0.312. The van der Waals surface area contributed by atoms with Gasteiger partial charge < -0.3 is 0 Å². The van der Waals surface area contributed by atoms with E-state index in [4.69, 9.17) is 11.6 Å². The van der Waals surface area contributed by atoms with Crippen molar-refractivity contribution in [2.75, 3.05) is 0 Å². The Kier molecular flexibility index (Phi) is 1.17. The smallest absolute Gasteiger partial charge is 0.0810 e. The zero-order chi connectivity index (χ0) is 5.11. The van der Waals surface area contributed by atoms with E-state index in [-0.39, 0.29) is 0 Å². The second-order valence-corrected chi connectivity index (χ2v) is 1.40. The van der Waals surface area contributed by atoms with Crippen LogP contribution in [-0.4, -0.2) is 15.4 Å². The maximum Gasteiger partial charge on any atom is 0.0810 e. The third-order valence-electron chi connectivity index (χ3n) is 0.465. The second kappa shape index (κ2) is 1.84.